The number of rotatable bonds is 2. The van der Waals surface area contributed by atoms with Crippen LogP contribution in [0.5, 0.6) is 0 Å². The number of halogens is 1. The van der Waals surface area contributed by atoms with E-state index < -0.39 is 0 Å². The molecule has 0 saturated carbocycles. The van der Waals surface area contributed by atoms with E-state index in [-0.39, 0.29) is 5.56 Å². The van der Waals surface area contributed by atoms with E-state index in [2.05, 4.69) is 21.0 Å². The van der Waals surface area contributed by atoms with Crippen LogP contribution >= 0.6 is 15.9 Å². The Balaban J connectivity index is 2.61. The van der Waals surface area contributed by atoms with E-state index in [1.54, 1.807) is 0 Å². The summed E-state index contributed by atoms with van der Waals surface area (Å²) >= 11 is 3.37. The number of aromatic nitrogens is 2. The normalized spacial score (nSPS) is 10.5. The first-order valence-electron chi connectivity index (χ1n) is 5.17. The largest absolute Gasteiger partial charge is 0.326 e. The summed E-state index contributed by atoms with van der Waals surface area (Å²) in [5.74, 6) is 0. The van der Waals surface area contributed by atoms with Gasteiger partial charge in [0, 0.05) is 17.1 Å². The van der Waals surface area contributed by atoms with E-state index in [0.29, 0.717) is 6.54 Å². The van der Waals surface area contributed by atoms with Gasteiger partial charge in [-0.3, -0.25) is 4.79 Å². The maximum absolute atomic E-state index is 11.9. The third-order valence-corrected chi connectivity index (χ3v) is 2.99. The van der Waals surface area contributed by atoms with Crippen molar-refractivity contribution in [2.45, 2.75) is 13.5 Å². The van der Waals surface area contributed by atoms with Crippen molar-refractivity contribution < 1.29 is 0 Å². The Hall–Kier alpha value is -1.46. The average Bonchev–Trinajstić information content (AvgIpc) is 2.31. The Bertz CT molecular complexity index is 607. The van der Waals surface area contributed by atoms with Crippen molar-refractivity contribution >= 4 is 15.9 Å². The molecule has 17 heavy (non-hydrogen) atoms. The number of hydrogen-bond donors (Lipinski definition) is 1. The van der Waals surface area contributed by atoms with Crippen LogP contribution in [-0.2, 0) is 6.54 Å². The van der Waals surface area contributed by atoms with Gasteiger partial charge in [-0.2, -0.15) is 9.78 Å². The molecule has 2 rings (SSSR count). The van der Waals surface area contributed by atoms with E-state index in [1.165, 1.54) is 10.7 Å². The summed E-state index contributed by atoms with van der Waals surface area (Å²) < 4.78 is 2.28. The number of nitrogens with zero attached hydrogens (tertiary/aromatic N) is 2. The molecule has 0 amide bonds. The van der Waals surface area contributed by atoms with E-state index in [1.807, 2.05) is 31.2 Å². The zero-order chi connectivity index (χ0) is 12.4. The molecule has 0 bridgehead atoms. The second-order valence-electron chi connectivity index (χ2n) is 3.69. The minimum Gasteiger partial charge on any atom is -0.326 e. The number of nitrogens with two attached hydrogens (primary N) is 1. The highest BCUT2D eigenvalue weighted by Crippen LogP contribution is 2.13. The van der Waals surface area contributed by atoms with E-state index in [0.717, 1.165) is 21.4 Å². The fraction of sp³-hybridized carbons (Fsp3) is 0.167. The van der Waals surface area contributed by atoms with Crippen LogP contribution in [-0.4, -0.2) is 9.78 Å². The van der Waals surface area contributed by atoms with E-state index in [4.69, 9.17) is 5.73 Å². The van der Waals surface area contributed by atoms with Crippen molar-refractivity contribution in [3.05, 3.63) is 56.4 Å². The monoisotopic (exact) mass is 293 g/mol. The predicted molar refractivity (Wildman–Crippen MR) is 70.2 cm³/mol. The lowest BCUT2D eigenvalue weighted by atomic mass is 10.2. The van der Waals surface area contributed by atoms with Crippen molar-refractivity contribution in [2.75, 3.05) is 0 Å². The molecule has 5 heteroatoms. The Morgan fingerprint density at radius 3 is 2.82 bits per heavy atom. The van der Waals surface area contributed by atoms with Gasteiger partial charge in [-0.25, -0.2) is 0 Å². The van der Waals surface area contributed by atoms with Crippen molar-refractivity contribution in [1.82, 2.24) is 9.78 Å². The third-order valence-electron chi connectivity index (χ3n) is 2.49. The predicted octanol–water partition coefficient (Wildman–Crippen LogP) is 1.76. The molecule has 88 valence electrons. The summed E-state index contributed by atoms with van der Waals surface area (Å²) in [7, 11) is 0. The van der Waals surface area contributed by atoms with Crippen molar-refractivity contribution in [3.8, 4) is 5.69 Å². The Morgan fingerprint density at radius 1 is 1.41 bits per heavy atom. The molecule has 1 aromatic heterocycles. The molecular formula is C12H12BrN3O. The molecule has 1 aromatic carbocycles. The smallest absolute Gasteiger partial charge is 0.271 e. The van der Waals surface area contributed by atoms with Gasteiger partial charge < -0.3 is 5.73 Å². The Labute approximate surface area is 107 Å². The first kappa shape index (κ1) is 12.0. The van der Waals surface area contributed by atoms with E-state index >= 15 is 0 Å². The maximum atomic E-state index is 11.9. The Morgan fingerprint density at radius 2 is 2.18 bits per heavy atom. The van der Waals surface area contributed by atoms with Gasteiger partial charge in [0.1, 0.15) is 0 Å². The minimum absolute atomic E-state index is 0.172. The lowest BCUT2D eigenvalue weighted by Gasteiger charge is -2.08. The summed E-state index contributed by atoms with van der Waals surface area (Å²) in [6.45, 7) is 2.17. The van der Waals surface area contributed by atoms with Gasteiger partial charge in [-0.15, -0.1) is 0 Å². The fourth-order valence-corrected chi connectivity index (χ4v) is 1.96. The zero-order valence-electron chi connectivity index (χ0n) is 9.35. The lowest BCUT2D eigenvalue weighted by molar-refractivity contribution is 0.766. The number of aryl methyl sites for hydroxylation is 1. The van der Waals surface area contributed by atoms with E-state index in [9.17, 15) is 4.79 Å². The molecule has 1 heterocycles. The summed E-state index contributed by atoms with van der Waals surface area (Å²) in [6, 6.07) is 8.97. The fourth-order valence-electron chi connectivity index (χ4n) is 1.58. The standard InChI is InChI=1S/C12H12BrN3O/c1-8-9(7-14)5-12(17)16(15-8)11-4-2-3-10(13)6-11/h2-6H,7,14H2,1H3. The topological polar surface area (TPSA) is 60.9 Å². The summed E-state index contributed by atoms with van der Waals surface area (Å²) in [4.78, 5) is 11.9. The first-order valence-corrected chi connectivity index (χ1v) is 5.97. The van der Waals surface area contributed by atoms with Crippen LogP contribution in [0.25, 0.3) is 5.69 Å². The minimum atomic E-state index is -0.172. The maximum Gasteiger partial charge on any atom is 0.271 e. The van der Waals surface area contributed by atoms with Gasteiger partial charge in [0.25, 0.3) is 5.56 Å². The van der Waals surface area contributed by atoms with Crippen molar-refractivity contribution in [3.63, 3.8) is 0 Å². The van der Waals surface area contributed by atoms with Crippen LogP contribution in [0.3, 0.4) is 0 Å². The SMILES string of the molecule is Cc1nn(-c2cccc(Br)c2)c(=O)cc1CN. The van der Waals surface area contributed by atoms with Gasteiger partial charge in [-0.05, 0) is 30.7 Å². The molecule has 4 nitrogen and oxygen atoms in total. The third kappa shape index (κ3) is 2.45. The molecule has 0 aliphatic carbocycles. The van der Waals surface area contributed by atoms with Crippen molar-refractivity contribution in [2.24, 2.45) is 5.73 Å². The molecule has 0 radical (unpaired) electrons. The molecule has 0 fully saturated rings. The molecule has 0 aliphatic rings. The van der Waals surface area contributed by atoms with Crippen LogP contribution in [0.1, 0.15) is 11.3 Å². The Kier molecular flexibility index (Phi) is 3.40. The van der Waals surface area contributed by atoms with Gasteiger partial charge in [0.15, 0.2) is 0 Å². The van der Waals surface area contributed by atoms with Gasteiger partial charge >= 0.3 is 0 Å². The summed E-state index contributed by atoms with van der Waals surface area (Å²) in [6.07, 6.45) is 0. The van der Waals surface area contributed by atoms with Crippen LogP contribution in [0.2, 0.25) is 0 Å². The molecule has 0 atom stereocenters. The van der Waals surface area contributed by atoms with Gasteiger partial charge in [0.2, 0.25) is 0 Å². The highest BCUT2D eigenvalue weighted by Gasteiger charge is 2.06. The van der Waals surface area contributed by atoms with Crippen LogP contribution in [0.4, 0.5) is 0 Å². The van der Waals surface area contributed by atoms with Crippen LogP contribution in [0.15, 0.2) is 39.6 Å². The second kappa shape index (κ2) is 4.81. The molecule has 0 aliphatic heterocycles. The van der Waals surface area contributed by atoms with Gasteiger partial charge in [-0.1, -0.05) is 22.0 Å². The lowest BCUT2D eigenvalue weighted by Crippen LogP contribution is -2.23. The van der Waals surface area contributed by atoms with Gasteiger partial charge in [0.05, 0.1) is 11.4 Å². The highest BCUT2D eigenvalue weighted by molar-refractivity contribution is 9.10. The first-order chi connectivity index (χ1) is 8.11. The van der Waals surface area contributed by atoms with Crippen molar-refractivity contribution in [1.29, 1.82) is 0 Å². The second-order valence-corrected chi connectivity index (χ2v) is 4.60. The number of benzene rings is 1. The van der Waals surface area contributed by atoms with Crippen LogP contribution in [0, 0.1) is 6.92 Å². The molecule has 0 saturated heterocycles. The summed E-state index contributed by atoms with van der Waals surface area (Å²) in [5.41, 5.74) is 7.65. The summed E-state index contributed by atoms with van der Waals surface area (Å²) in [5, 5.41) is 4.26. The molecule has 2 N–H and O–H groups in total. The molecular weight excluding hydrogens is 282 g/mol. The number of hydrogen-bond acceptors (Lipinski definition) is 3. The molecule has 0 spiro atoms. The molecule has 2 aromatic rings. The highest BCUT2D eigenvalue weighted by atomic mass is 79.9. The zero-order valence-corrected chi connectivity index (χ0v) is 10.9. The average molecular weight is 294 g/mol. The van der Waals surface area contributed by atoms with Crippen LogP contribution < -0.4 is 11.3 Å². The molecule has 0 unspecified atom stereocenters. The quantitative estimate of drug-likeness (QED) is 0.918.